The molecule has 1 heterocycles. The molecule has 0 amide bonds. The van der Waals surface area contributed by atoms with Gasteiger partial charge >= 0.3 is 5.97 Å². The van der Waals surface area contributed by atoms with E-state index in [9.17, 15) is 9.59 Å². The lowest BCUT2D eigenvalue weighted by Crippen LogP contribution is -2.20. The molecule has 6 nitrogen and oxygen atoms in total. The van der Waals surface area contributed by atoms with Crippen LogP contribution in [0.4, 0.5) is 0 Å². The highest BCUT2D eigenvalue weighted by molar-refractivity contribution is 6.31. The number of nitrogens with zero attached hydrogens (tertiary/aromatic N) is 3. The summed E-state index contributed by atoms with van der Waals surface area (Å²) in [4.78, 5) is 30.6. The van der Waals surface area contributed by atoms with Crippen LogP contribution in [0.3, 0.4) is 0 Å². The Morgan fingerprint density at radius 2 is 1.58 bits per heavy atom. The molecule has 0 atom stereocenters. The van der Waals surface area contributed by atoms with Gasteiger partial charge in [0.25, 0.3) is 5.56 Å². The molecule has 4 aromatic carbocycles. The van der Waals surface area contributed by atoms with E-state index in [0.717, 1.165) is 11.1 Å². The first-order valence-electron chi connectivity index (χ1n) is 11.5. The van der Waals surface area contributed by atoms with Gasteiger partial charge in [0.15, 0.2) is 5.82 Å². The first kappa shape index (κ1) is 25.1. The number of hydrogen-bond acceptors (Lipinski definition) is 5. The van der Waals surface area contributed by atoms with Crippen molar-refractivity contribution >= 4 is 52.4 Å². The largest absolute Gasteiger partial charge is 0.423 e. The maximum atomic E-state index is 13.4. The van der Waals surface area contributed by atoms with Gasteiger partial charge in [0.05, 0.1) is 17.1 Å². The summed E-state index contributed by atoms with van der Waals surface area (Å²) in [5.74, 6) is 0.00965. The second-order valence-electron chi connectivity index (χ2n) is 8.17. The van der Waals surface area contributed by atoms with Crippen LogP contribution in [-0.2, 0) is 4.79 Å². The van der Waals surface area contributed by atoms with Crippen molar-refractivity contribution in [3.8, 4) is 17.1 Å². The van der Waals surface area contributed by atoms with E-state index in [1.807, 2.05) is 36.4 Å². The first-order valence-corrected chi connectivity index (χ1v) is 12.3. The van der Waals surface area contributed by atoms with Gasteiger partial charge in [-0.05, 0) is 54.1 Å². The molecule has 0 aliphatic carbocycles. The SMILES string of the molecule is O=C(/C=C/c1ccc(Cl)cc1)Oc1ccc(Cl)cc1C=Nn1c(-c2ccccc2)nc2ccccc2c1=O. The zero-order valence-corrected chi connectivity index (χ0v) is 21.3. The number of esters is 1. The predicted octanol–water partition coefficient (Wildman–Crippen LogP) is 6.87. The lowest BCUT2D eigenvalue weighted by Gasteiger charge is -2.10. The van der Waals surface area contributed by atoms with Gasteiger partial charge < -0.3 is 4.74 Å². The molecule has 0 N–H and O–H groups in total. The molecule has 0 unspecified atom stereocenters. The molecular formula is C30H19Cl2N3O3. The maximum Gasteiger partial charge on any atom is 0.336 e. The monoisotopic (exact) mass is 539 g/mol. The van der Waals surface area contributed by atoms with Gasteiger partial charge in [-0.25, -0.2) is 9.78 Å². The zero-order chi connectivity index (χ0) is 26.5. The first-order chi connectivity index (χ1) is 18.5. The minimum Gasteiger partial charge on any atom is -0.423 e. The second kappa shape index (κ2) is 11.3. The molecule has 0 bridgehead atoms. The number of hydrogen-bond donors (Lipinski definition) is 0. The quantitative estimate of drug-likeness (QED) is 0.102. The molecule has 0 saturated carbocycles. The van der Waals surface area contributed by atoms with Crippen molar-refractivity contribution in [1.29, 1.82) is 0 Å². The van der Waals surface area contributed by atoms with Crippen LogP contribution < -0.4 is 10.3 Å². The third kappa shape index (κ3) is 5.72. The topological polar surface area (TPSA) is 73.5 Å². The van der Waals surface area contributed by atoms with Crippen molar-refractivity contribution in [3.63, 3.8) is 0 Å². The molecule has 0 saturated heterocycles. The van der Waals surface area contributed by atoms with E-state index in [0.29, 0.717) is 32.3 Å². The lowest BCUT2D eigenvalue weighted by atomic mass is 10.2. The molecule has 0 aliphatic heterocycles. The fourth-order valence-electron chi connectivity index (χ4n) is 3.72. The number of para-hydroxylation sites is 1. The normalized spacial score (nSPS) is 11.4. The number of halogens is 2. The van der Waals surface area contributed by atoms with Crippen molar-refractivity contribution in [2.75, 3.05) is 0 Å². The summed E-state index contributed by atoms with van der Waals surface area (Å²) in [5.41, 5.74) is 2.15. The summed E-state index contributed by atoms with van der Waals surface area (Å²) in [6.45, 7) is 0. The molecule has 0 radical (unpaired) electrons. The second-order valence-corrected chi connectivity index (χ2v) is 9.04. The van der Waals surface area contributed by atoms with Crippen LogP contribution in [-0.4, -0.2) is 21.8 Å². The number of rotatable bonds is 6. The molecule has 0 fully saturated rings. The van der Waals surface area contributed by atoms with Gasteiger partial charge in [0, 0.05) is 27.2 Å². The predicted molar refractivity (Wildman–Crippen MR) is 152 cm³/mol. The summed E-state index contributed by atoms with van der Waals surface area (Å²) in [6, 6.07) is 28.2. The van der Waals surface area contributed by atoms with E-state index in [1.165, 1.54) is 17.0 Å². The zero-order valence-electron chi connectivity index (χ0n) is 19.8. The Morgan fingerprint density at radius 1 is 0.868 bits per heavy atom. The molecule has 186 valence electrons. The smallest absolute Gasteiger partial charge is 0.336 e. The molecule has 5 rings (SSSR count). The Kier molecular flexibility index (Phi) is 7.45. The third-order valence-corrected chi connectivity index (χ3v) is 6.05. The maximum absolute atomic E-state index is 13.4. The van der Waals surface area contributed by atoms with E-state index in [4.69, 9.17) is 27.9 Å². The van der Waals surface area contributed by atoms with Crippen molar-refractivity contribution < 1.29 is 9.53 Å². The molecule has 0 aliphatic rings. The highest BCUT2D eigenvalue weighted by Gasteiger charge is 2.13. The Bertz CT molecular complexity index is 1750. The number of benzene rings is 4. The van der Waals surface area contributed by atoms with Crippen LogP contribution in [0.15, 0.2) is 113 Å². The van der Waals surface area contributed by atoms with Crippen LogP contribution in [0, 0.1) is 0 Å². The summed E-state index contributed by atoms with van der Waals surface area (Å²) >= 11 is 12.1. The molecule has 1 aromatic heterocycles. The Hall–Kier alpha value is -4.52. The summed E-state index contributed by atoms with van der Waals surface area (Å²) in [6.07, 6.45) is 4.35. The Balaban J connectivity index is 1.50. The standard InChI is InChI=1S/C30H19Cl2N3O3/c31-23-13-10-20(11-14-23)12-17-28(36)38-27-16-15-24(32)18-22(27)19-33-35-29(21-6-2-1-3-7-21)34-26-9-5-4-8-25(26)30(35)37/h1-19H/b17-12+,33-19?. The van der Waals surface area contributed by atoms with Crippen LogP contribution in [0.5, 0.6) is 5.75 Å². The number of fused-ring (bicyclic) bond motifs is 1. The van der Waals surface area contributed by atoms with Crippen molar-refractivity contribution in [1.82, 2.24) is 9.66 Å². The van der Waals surface area contributed by atoms with Gasteiger partial charge in [0.2, 0.25) is 0 Å². The Morgan fingerprint density at radius 3 is 2.37 bits per heavy atom. The van der Waals surface area contributed by atoms with E-state index >= 15 is 0 Å². The fourth-order valence-corrected chi connectivity index (χ4v) is 4.03. The van der Waals surface area contributed by atoms with Gasteiger partial charge in [-0.15, -0.1) is 0 Å². The van der Waals surface area contributed by atoms with E-state index in [1.54, 1.807) is 66.7 Å². The van der Waals surface area contributed by atoms with Gasteiger partial charge in [-0.1, -0.05) is 77.8 Å². The summed E-state index contributed by atoms with van der Waals surface area (Å²) < 4.78 is 6.77. The van der Waals surface area contributed by atoms with E-state index < -0.39 is 5.97 Å². The number of carbonyl (C=O) groups excluding carboxylic acids is 1. The van der Waals surface area contributed by atoms with Crippen molar-refractivity contribution in [2.24, 2.45) is 5.10 Å². The molecular weight excluding hydrogens is 521 g/mol. The van der Waals surface area contributed by atoms with Crippen LogP contribution in [0.1, 0.15) is 11.1 Å². The summed E-state index contributed by atoms with van der Waals surface area (Å²) in [5, 5.41) is 5.89. The average Bonchev–Trinajstić information content (AvgIpc) is 2.94. The number of ether oxygens (including phenoxy) is 1. The number of aromatic nitrogens is 2. The lowest BCUT2D eigenvalue weighted by molar-refractivity contribution is -0.128. The Labute approximate surface area is 228 Å². The summed E-state index contributed by atoms with van der Waals surface area (Å²) in [7, 11) is 0. The van der Waals surface area contributed by atoms with Crippen molar-refractivity contribution in [2.45, 2.75) is 0 Å². The number of carbonyl (C=O) groups is 1. The van der Waals surface area contributed by atoms with Gasteiger partial charge in [0.1, 0.15) is 5.75 Å². The van der Waals surface area contributed by atoms with Crippen molar-refractivity contribution in [3.05, 3.63) is 135 Å². The van der Waals surface area contributed by atoms with E-state index in [-0.39, 0.29) is 11.3 Å². The van der Waals surface area contributed by atoms with Crippen LogP contribution in [0.25, 0.3) is 28.4 Å². The van der Waals surface area contributed by atoms with Gasteiger partial charge in [-0.2, -0.15) is 9.78 Å². The fraction of sp³-hybridized carbons (Fsp3) is 0. The molecule has 38 heavy (non-hydrogen) atoms. The van der Waals surface area contributed by atoms with Gasteiger partial charge in [-0.3, -0.25) is 4.79 Å². The molecule has 0 spiro atoms. The van der Waals surface area contributed by atoms with Crippen LogP contribution in [0.2, 0.25) is 10.0 Å². The minimum absolute atomic E-state index is 0.229. The molecule has 5 aromatic rings. The highest BCUT2D eigenvalue weighted by Crippen LogP contribution is 2.23. The third-order valence-electron chi connectivity index (χ3n) is 5.56. The minimum atomic E-state index is -0.591. The highest BCUT2D eigenvalue weighted by atomic mass is 35.5. The van der Waals surface area contributed by atoms with E-state index in [2.05, 4.69) is 10.1 Å². The molecule has 8 heteroatoms. The average molecular weight is 540 g/mol. The van der Waals surface area contributed by atoms with Crippen LogP contribution >= 0.6 is 23.2 Å².